The van der Waals surface area contributed by atoms with Gasteiger partial charge in [-0.25, -0.2) is 0 Å². The number of benzene rings is 1. The third-order valence-corrected chi connectivity index (χ3v) is 3.02. The van der Waals surface area contributed by atoms with E-state index in [1.165, 1.54) is 0 Å². The summed E-state index contributed by atoms with van der Waals surface area (Å²) in [6.07, 6.45) is 3.93. The van der Waals surface area contributed by atoms with Crippen LogP contribution in [-0.2, 0) is 4.79 Å². The van der Waals surface area contributed by atoms with Gasteiger partial charge < -0.3 is 10.6 Å². The molecule has 2 N–H and O–H groups in total. The summed E-state index contributed by atoms with van der Waals surface area (Å²) in [5.74, 6) is -0.00130. The van der Waals surface area contributed by atoms with Gasteiger partial charge in [0.15, 0.2) is 0 Å². The van der Waals surface area contributed by atoms with E-state index in [0.717, 1.165) is 18.4 Å². The highest BCUT2D eigenvalue weighted by Crippen LogP contribution is 2.28. The van der Waals surface area contributed by atoms with E-state index in [0.29, 0.717) is 12.6 Å². The molecule has 1 fully saturated rings. The minimum Gasteiger partial charge on any atom is -0.334 e. The molecule has 2 rings (SSSR count). The van der Waals surface area contributed by atoms with Crippen LogP contribution in [0.15, 0.2) is 43.0 Å². The molecule has 1 aliphatic carbocycles. The van der Waals surface area contributed by atoms with Crippen LogP contribution >= 0.6 is 0 Å². The maximum atomic E-state index is 12.3. The predicted molar refractivity (Wildman–Crippen MR) is 68.3 cm³/mol. The van der Waals surface area contributed by atoms with E-state index in [1.54, 1.807) is 6.08 Å². The lowest BCUT2D eigenvalue weighted by Crippen LogP contribution is -2.40. The van der Waals surface area contributed by atoms with Crippen molar-refractivity contribution in [2.75, 3.05) is 6.54 Å². The minimum atomic E-state index is -0.559. The molecule has 1 aliphatic rings. The van der Waals surface area contributed by atoms with Gasteiger partial charge in [0.2, 0.25) is 5.91 Å². The van der Waals surface area contributed by atoms with Gasteiger partial charge in [-0.05, 0) is 18.4 Å². The Morgan fingerprint density at radius 2 is 2.12 bits per heavy atom. The topological polar surface area (TPSA) is 46.3 Å². The second-order valence-electron chi connectivity index (χ2n) is 4.40. The summed E-state index contributed by atoms with van der Waals surface area (Å²) in [4.78, 5) is 14.1. The number of hydrogen-bond acceptors (Lipinski definition) is 2. The molecule has 0 unspecified atom stereocenters. The maximum absolute atomic E-state index is 12.3. The average molecular weight is 230 g/mol. The predicted octanol–water partition coefficient (Wildman–Crippen LogP) is 1.86. The molecule has 17 heavy (non-hydrogen) atoms. The molecule has 0 heterocycles. The second-order valence-corrected chi connectivity index (χ2v) is 4.40. The van der Waals surface area contributed by atoms with E-state index in [-0.39, 0.29) is 5.91 Å². The van der Waals surface area contributed by atoms with Gasteiger partial charge in [-0.15, -0.1) is 6.58 Å². The smallest absolute Gasteiger partial charge is 0.244 e. The van der Waals surface area contributed by atoms with Gasteiger partial charge in [0.25, 0.3) is 0 Å². The van der Waals surface area contributed by atoms with Crippen molar-refractivity contribution in [2.45, 2.75) is 24.9 Å². The minimum absolute atomic E-state index is 0.00130. The molecule has 3 nitrogen and oxygen atoms in total. The Morgan fingerprint density at radius 1 is 1.47 bits per heavy atom. The van der Waals surface area contributed by atoms with Crippen molar-refractivity contribution >= 4 is 5.91 Å². The molecular formula is C14H18N2O. The van der Waals surface area contributed by atoms with E-state index in [2.05, 4.69) is 6.58 Å². The molecule has 90 valence electrons. The fourth-order valence-corrected chi connectivity index (χ4v) is 1.93. The zero-order chi connectivity index (χ0) is 12.3. The lowest BCUT2D eigenvalue weighted by Gasteiger charge is -2.24. The van der Waals surface area contributed by atoms with Gasteiger partial charge in [-0.1, -0.05) is 36.4 Å². The van der Waals surface area contributed by atoms with Gasteiger partial charge in [0, 0.05) is 12.6 Å². The lowest BCUT2D eigenvalue weighted by atomic mass is 10.1. The zero-order valence-electron chi connectivity index (χ0n) is 9.88. The zero-order valence-corrected chi connectivity index (χ0v) is 9.88. The molecular weight excluding hydrogens is 212 g/mol. The summed E-state index contributed by atoms with van der Waals surface area (Å²) in [5, 5.41) is 0. The fourth-order valence-electron chi connectivity index (χ4n) is 1.93. The van der Waals surface area contributed by atoms with Crippen molar-refractivity contribution in [3.63, 3.8) is 0 Å². The van der Waals surface area contributed by atoms with Crippen molar-refractivity contribution in [3.8, 4) is 0 Å². The van der Waals surface area contributed by atoms with Crippen LogP contribution in [0.5, 0.6) is 0 Å². The van der Waals surface area contributed by atoms with E-state index in [4.69, 9.17) is 5.73 Å². The molecule has 0 spiro atoms. The molecule has 1 amide bonds. The average Bonchev–Trinajstić information content (AvgIpc) is 3.19. The number of carbonyl (C=O) groups excluding carboxylic acids is 1. The molecule has 0 radical (unpaired) electrons. The van der Waals surface area contributed by atoms with Crippen LogP contribution in [0, 0.1) is 0 Å². The van der Waals surface area contributed by atoms with Crippen LogP contribution in [0.2, 0.25) is 0 Å². The monoisotopic (exact) mass is 230 g/mol. The molecule has 1 aromatic rings. The summed E-state index contributed by atoms with van der Waals surface area (Å²) in [7, 11) is 0. The van der Waals surface area contributed by atoms with Gasteiger partial charge >= 0.3 is 0 Å². The quantitative estimate of drug-likeness (QED) is 0.785. The number of carbonyl (C=O) groups is 1. The van der Waals surface area contributed by atoms with Crippen LogP contribution in [-0.4, -0.2) is 23.4 Å². The number of hydrogen-bond donors (Lipinski definition) is 1. The lowest BCUT2D eigenvalue weighted by molar-refractivity contribution is -0.132. The highest BCUT2D eigenvalue weighted by molar-refractivity contribution is 5.83. The van der Waals surface area contributed by atoms with Crippen molar-refractivity contribution in [1.29, 1.82) is 0 Å². The van der Waals surface area contributed by atoms with Gasteiger partial charge in [-0.3, -0.25) is 4.79 Å². The highest BCUT2D eigenvalue weighted by Gasteiger charge is 2.34. The molecule has 1 saturated carbocycles. The second kappa shape index (κ2) is 5.15. The largest absolute Gasteiger partial charge is 0.334 e. The Bertz CT molecular complexity index is 398. The van der Waals surface area contributed by atoms with Crippen LogP contribution < -0.4 is 5.73 Å². The maximum Gasteiger partial charge on any atom is 0.244 e. The van der Waals surface area contributed by atoms with Crippen molar-refractivity contribution in [2.24, 2.45) is 5.73 Å². The summed E-state index contributed by atoms with van der Waals surface area (Å²) >= 11 is 0. The van der Waals surface area contributed by atoms with E-state index in [1.807, 2.05) is 35.2 Å². The SMILES string of the molecule is C=CCN(C(=O)[C@H](N)c1ccccc1)C1CC1. The van der Waals surface area contributed by atoms with Crippen LogP contribution in [0.4, 0.5) is 0 Å². The standard InChI is InChI=1S/C14H18N2O/c1-2-10-16(12-8-9-12)14(17)13(15)11-6-4-3-5-7-11/h2-7,12-13H,1,8-10,15H2/t13-/m1/s1. The van der Waals surface area contributed by atoms with E-state index < -0.39 is 6.04 Å². The summed E-state index contributed by atoms with van der Waals surface area (Å²) in [6, 6.07) is 9.31. The summed E-state index contributed by atoms with van der Waals surface area (Å²) in [6.45, 7) is 4.28. The van der Waals surface area contributed by atoms with Gasteiger partial charge in [0.05, 0.1) is 0 Å². The first-order valence-electron chi connectivity index (χ1n) is 5.96. The fraction of sp³-hybridized carbons (Fsp3) is 0.357. The van der Waals surface area contributed by atoms with E-state index in [9.17, 15) is 4.79 Å². The highest BCUT2D eigenvalue weighted by atomic mass is 16.2. The van der Waals surface area contributed by atoms with Crippen LogP contribution in [0.1, 0.15) is 24.4 Å². The third kappa shape index (κ3) is 2.74. The molecule has 0 aromatic heterocycles. The Hall–Kier alpha value is -1.61. The Morgan fingerprint density at radius 3 is 2.65 bits per heavy atom. The van der Waals surface area contributed by atoms with Crippen LogP contribution in [0.25, 0.3) is 0 Å². The molecule has 1 atom stereocenters. The first-order chi connectivity index (χ1) is 8.24. The molecule has 0 aliphatic heterocycles. The normalized spacial score (nSPS) is 16.3. The van der Waals surface area contributed by atoms with Gasteiger partial charge in [0.1, 0.15) is 6.04 Å². The van der Waals surface area contributed by atoms with Crippen molar-refractivity contribution < 1.29 is 4.79 Å². The number of nitrogens with zero attached hydrogens (tertiary/aromatic N) is 1. The first kappa shape index (κ1) is 11.9. The number of amides is 1. The number of nitrogens with two attached hydrogens (primary N) is 1. The Balaban J connectivity index is 2.10. The molecule has 0 bridgehead atoms. The Kier molecular flexibility index (Phi) is 3.59. The van der Waals surface area contributed by atoms with E-state index >= 15 is 0 Å². The molecule has 1 aromatic carbocycles. The Labute approximate surface area is 102 Å². The van der Waals surface area contributed by atoms with Crippen LogP contribution in [0.3, 0.4) is 0 Å². The molecule has 0 saturated heterocycles. The van der Waals surface area contributed by atoms with Crippen molar-refractivity contribution in [1.82, 2.24) is 4.90 Å². The van der Waals surface area contributed by atoms with Gasteiger partial charge in [-0.2, -0.15) is 0 Å². The molecule has 3 heteroatoms. The number of rotatable bonds is 5. The first-order valence-corrected chi connectivity index (χ1v) is 5.96. The van der Waals surface area contributed by atoms with Crippen molar-refractivity contribution in [3.05, 3.63) is 48.6 Å². The third-order valence-electron chi connectivity index (χ3n) is 3.02. The summed E-state index contributed by atoms with van der Waals surface area (Å²) < 4.78 is 0. The summed E-state index contributed by atoms with van der Waals surface area (Å²) in [5.41, 5.74) is 6.88.